The molecule has 1 amide bonds. The Morgan fingerprint density at radius 3 is 2.57 bits per heavy atom. The number of rotatable bonds is 11. The minimum absolute atomic E-state index is 0.0937. The molecule has 3 aliphatic rings. The van der Waals surface area contributed by atoms with Crippen molar-refractivity contribution in [3.8, 4) is 0 Å². The first kappa shape index (κ1) is 26.1. The Morgan fingerprint density at radius 1 is 1.06 bits per heavy atom. The first-order valence-corrected chi connectivity index (χ1v) is 14.7. The van der Waals surface area contributed by atoms with E-state index in [9.17, 15) is 18.3 Å². The zero-order chi connectivity index (χ0) is 24.7. The monoisotopic (exact) mass is 501 g/mol. The number of allylic oxidation sites excluding steroid dienone is 2. The van der Waals surface area contributed by atoms with Crippen molar-refractivity contribution < 1.29 is 23.1 Å². The van der Waals surface area contributed by atoms with Gasteiger partial charge in [0.25, 0.3) is 10.0 Å². The first-order valence-electron chi connectivity index (χ1n) is 13.2. The molecule has 0 spiro atoms. The lowest BCUT2D eigenvalue weighted by Gasteiger charge is -2.27. The van der Waals surface area contributed by atoms with Crippen molar-refractivity contribution in [2.45, 2.75) is 93.8 Å². The highest BCUT2D eigenvalue weighted by atomic mass is 32.2. The molecule has 7 heteroatoms. The van der Waals surface area contributed by atoms with Crippen molar-refractivity contribution in [1.29, 1.82) is 0 Å². The lowest BCUT2D eigenvalue weighted by Crippen LogP contribution is -2.30. The molecular weight excluding hydrogens is 462 g/mol. The molecule has 1 saturated carbocycles. The summed E-state index contributed by atoms with van der Waals surface area (Å²) in [6, 6.07) is 7.93. The van der Waals surface area contributed by atoms with E-state index in [1.54, 1.807) is 18.2 Å². The highest BCUT2D eigenvalue weighted by Gasteiger charge is 2.46. The molecule has 5 atom stereocenters. The fraction of sp³-hybridized carbons (Fsp3) is 0.607. The smallest absolute Gasteiger partial charge is 0.264 e. The molecule has 1 unspecified atom stereocenters. The van der Waals surface area contributed by atoms with E-state index in [0.717, 1.165) is 38.5 Å². The molecule has 2 aliphatic heterocycles. The Morgan fingerprint density at radius 2 is 1.80 bits per heavy atom. The van der Waals surface area contributed by atoms with E-state index in [-0.39, 0.29) is 23.5 Å². The van der Waals surface area contributed by atoms with Crippen LogP contribution in [-0.2, 0) is 19.6 Å². The van der Waals surface area contributed by atoms with Gasteiger partial charge in [-0.2, -0.15) is 0 Å². The third-order valence-electron chi connectivity index (χ3n) is 7.80. The van der Waals surface area contributed by atoms with Crippen molar-refractivity contribution >= 4 is 15.9 Å². The van der Waals surface area contributed by atoms with E-state index in [0.29, 0.717) is 30.3 Å². The topological polar surface area (TPSA) is 92.7 Å². The molecule has 1 aliphatic carbocycles. The van der Waals surface area contributed by atoms with E-state index in [2.05, 4.69) is 23.0 Å². The summed E-state index contributed by atoms with van der Waals surface area (Å²) in [7, 11) is -3.80. The minimum atomic E-state index is -3.80. The molecule has 2 saturated heterocycles. The van der Waals surface area contributed by atoms with Crippen LogP contribution in [0.4, 0.5) is 0 Å². The maximum Gasteiger partial charge on any atom is 0.264 e. The van der Waals surface area contributed by atoms with E-state index in [4.69, 9.17) is 4.74 Å². The van der Waals surface area contributed by atoms with Gasteiger partial charge in [-0.1, -0.05) is 61.8 Å². The average molecular weight is 502 g/mol. The summed E-state index contributed by atoms with van der Waals surface area (Å²) in [5, 5.41) is 10.6. The number of fused-ring (bicyclic) bond motifs is 2. The van der Waals surface area contributed by atoms with Gasteiger partial charge in [0, 0.05) is 12.3 Å². The number of nitrogens with one attached hydrogen (secondary N) is 1. The number of aliphatic hydroxyl groups excluding tert-OH is 1. The van der Waals surface area contributed by atoms with Gasteiger partial charge in [-0.25, -0.2) is 13.1 Å². The van der Waals surface area contributed by atoms with Gasteiger partial charge in [0.05, 0.1) is 23.2 Å². The standard InChI is InChI=1S/C28H39NO5S/c30-25(21-11-5-3-6-12-21)18-17-24-23(26-19-20-27(24)34-26)15-9-1-2-10-16-28(31)29-35(32,33)22-13-7-4-8-14-22/h1,4,7-9,13-14,17-18,21,23-27,30H,2-3,5-6,10-12,15-16,19-20H2,(H,29,31)/t23-,24-,25?,26+,27-/m1/s1. The van der Waals surface area contributed by atoms with Gasteiger partial charge in [0.15, 0.2) is 0 Å². The molecule has 2 heterocycles. The third kappa shape index (κ3) is 7.05. The van der Waals surface area contributed by atoms with Crippen LogP contribution in [0.5, 0.6) is 0 Å². The van der Waals surface area contributed by atoms with Crippen LogP contribution in [0.15, 0.2) is 59.5 Å². The zero-order valence-corrected chi connectivity index (χ0v) is 21.2. The molecule has 1 aromatic carbocycles. The molecular formula is C28H39NO5S. The van der Waals surface area contributed by atoms with Gasteiger partial charge < -0.3 is 9.84 Å². The van der Waals surface area contributed by atoms with Gasteiger partial charge in [0.1, 0.15) is 0 Å². The second kappa shape index (κ2) is 12.3. The molecule has 0 aromatic heterocycles. The summed E-state index contributed by atoms with van der Waals surface area (Å²) in [6.07, 6.45) is 19.3. The molecule has 192 valence electrons. The van der Waals surface area contributed by atoms with Crippen molar-refractivity contribution in [1.82, 2.24) is 4.72 Å². The number of benzene rings is 1. The number of sulfonamides is 1. The summed E-state index contributed by atoms with van der Waals surface area (Å²) in [4.78, 5) is 12.2. The summed E-state index contributed by atoms with van der Waals surface area (Å²) in [6.45, 7) is 0. The number of unbranched alkanes of at least 4 members (excludes halogenated alkanes) is 1. The maximum atomic E-state index is 12.2. The van der Waals surface area contributed by atoms with Gasteiger partial charge >= 0.3 is 0 Å². The van der Waals surface area contributed by atoms with Crippen LogP contribution in [0.1, 0.15) is 70.6 Å². The fourth-order valence-electron chi connectivity index (χ4n) is 5.87. The SMILES string of the molecule is O=C(CCCC=CC[C@@H]1[C@@H](C=CC(O)C2CCCCC2)[C@H]2CC[C@@H]1O2)NS(=O)(=O)c1ccccc1. The molecule has 2 bridgehead atoms. The number of ether oxygens (including phenoxy) is 1. The van der Waals surface area contributed by atoms with Crippen molar-refractivity contribution in [2.75, 3.05) is 0 Å². The van der Waals surface area contributed by atoms with Crippen LogP contribution < -0.4 is 4.72 Å². The number of carbonyl (C=O) groups is 1. The Balaban J connectivity index is 1.19. The highest BCUT2D eigenvalue weighted by molar-refractivity contribution is 7.90. The molecule has 3 fully saturated rings. The van der Waals surface area contributed by atoms with Crippen molar-refractivity contribution in [2.24, 2.45) is 17.8 Å². The second-order valence-corrected chi connectivity index (χ2v) is 11.9. The van der Waals surface area contributed by atoms with Gasteiger partial charge in [0.2, 0.25) is 5.91 Å². The van der Waals surface area contributed by atoms with Crippen molar-refractivity contribution in [3.05, 3.63) is 54.6 Å². The predicted octanol–water partition coefficient (Wildman–Crippen LogP) is 4.90. The number of amides is 1. The lowest BCUT2D eigenvalue weighted by molar-refractivity contribution is -0.119. The zero-order valence-electron chi connectivity index (χ0n) is 20.4. The second-order valence-electron chi connectivity index (χ2n) is 10.2. The highest BCUT2D eigenvalue weighted by Crippen LogP contribution is 2.46. The first-order chi connectivity index (χ1) is 16.9. The number of hydrogen-bond acceptors (Lipinski definition) is 5. The van der Waals surface area contributed by atoms with Crippen LogP contribution in [0, 0.1) is 17.8 Å². The Kier molecular flexibility index (Phi) is 9.20. The quantitative estimate of drug-likeness (QED) is 0.332. The van der Waals surface area contributed by atoms with Crippen LogP contribution in [0.2, 0.25) is 0 Å². The molecule has 35 heavy (non-hydrogen) atoms. The summed E-state index contributed by atoms with van der Waals surface area (Å²) < 4.78 is 32.8. The molecule has 1 aromatic rings. The predicted molar refractivity (Wildman–Crippen MR) is 136 cm³/mol. The Bertz CT molecular complexity index is 984. The van der Waals surface area contributed by atoms with E-state index in [1.165, 1.54) is 31.4 Å². The van der Waals surface area contributed by atoms with E-state index < -0.39 is 15.9 Å². The third-order valence-corrected chi connectivity index (χ3v) is 9.19. The number of aliphatic hydroxyl groups is 1. The summed E-state index contributed by atoms with van der Waals surface area (Å²) in [5.41, 5.74) is 0. The fourth-order valence-corrected chi connectivity index (χ4v) is 6.91. The number of hydrogen-bond donors (Lipinski definition) is 2. The molecule has 0 radical (unpaired) electrons. The van der Waals surface area contributed by atoms with E-state index in [1.807, 2.05) is 6.08 Å². The minimum Gasteiger partial charge on any atom is -0.389 e. The van der Waals surface area contributed by atoms with Gasteiger partial charge in [-0.3, -0.25) is 4.79 Å². The van der Waals surface area contributed by atoms with Crippen LogP contribution in [-0.4, -0.2) is 37.7 Å². The number of carbonyl (C=O) groups excluding carboxylic acids is 1. The van der Waals surface area contributed by atoms with Gasteiger partial charge in [-0.15, -0.1) is 0 Å². The van der Waals surface area contributed by atoms with Gasteiger partial charge in [-0.05, 0) is 68.9 Å². The van der Waals surface area contributed by atoms with Crippen LogP contribution in [0.25, 0.3) is 0 Å². The van der Waals surface area contributed by atoms with Crippen LogP contribution in [0.3, 0.4) is 0 Å². The maximum absolute atomic E-state index is 12.2. The lowest BCUT2D eigenvalue weighted by atomic mass is 9.76. The Hall–Kier alpha value is -1.96. The van der Waals surface area contributed by atoms with E-state index >= 15 is 0 Å². The normalized spacial score (nSPS) is 28.1. The summed E-state index contributed by atoms with van der Waals surface area (Å²) in [5.74, 6) is 0.702. The largest absolute Gasteiger partial charge is 0.389 e. The Labute approximate surface area is 209 Å². The molecule has 6 nitrogen and oxygen atoms in total. The van der Waals surface area contributed by atoms with Crippen molar-refractivity contribution in [3.63, 3.8) is 0 Å². The summed E-state index contributed by atoms with van der Waals surface area (Å²) >= 11 is 0. The van der Waals surface area contributed by atoms with Crippen LogP contribution >= 0.6 is 0 Å². The molecule has 2 N–H and O–H groups in total. The average Bonchev–Trinajstić information content (AvgIpc) is 3.47. The molecule has 4 rings (SSSR count).